The van der Waals surface area contributed by atoms with E-state index in [2.05, 4.69) is 49.7 Å². The lowest BCUT2D eigenvalue weighted by atomic mass is 10.1. The van der Waals surface area contributed by atoms with Crippen LogP contribution in [0.25, 0.3) is 0 Å². The van der Waals surface area contributed by atoms with Crippen molar-refractivity contribution < 1.29 is 4.74 Å². The van der Waals surface area contributed by atoms with Gasteiger partial charge >= 0.3 is 0 Å². The number of ether oxygens (including phenoxy) is 1. The maximum absolute atomic E-state index is 5.80. The highest BCUT2D eigenvalue weighted by atomic mass is 16.5. The SMILES string of the molecule is CCCCOc1cc(C)c(/N=C/N(C)CC)cc1C. The van der Waals surface area contributed by atoms with Crippen molar-refractivity contribution in [3.8, 4) is 5.75 Å². The highest BCUT2D eigenvalue weighted by molar-refractivity contribution is 5.64. The van der Waals surface area contributed by atoms with Gasteiger partial charge in [0.2, 0.25) is 0 Å². The fraction of sp³-hybridized carbons (Fsp3) is 0.562. The fourth-order valence-electron chi connectivity index (χ4n) is 1.64. The van der Waals surface area contributed by atoms with Crippen molar-refractivity contribution in [1.82, 2.24) is 4.90 Å². The third-order valence-electron chi connectivity index (χ3n) is 3.14. The van der Waals surface area contributed by atoms with E-state index < -0.39 is 0 Å². The zero-order chi connectivity index (χ0) is 14.3. The molecule has 0 aromatic heterocycles. The summed E-state index contributed by atoms with van der Waals surface area (Å²) in [6.07, 6.45) is 4.13. The molecule has 0 unspecified atom stereocenters. The summed E-state index contributed by atoms with van der Waals surface area (Å²) in [6, 6.07) is 4.18. The minimum Gasteiger partial charge on any atom is -0.493 e. The number of rotatable bonds is 7. The van der Waals surface area contributed by atoms with Crippen molar-refractivity contribution in [2.75, 3.05) is 20.2 Å². The summed E-state index contributed by atoms with van der Waals surface area (Å²) >= 11 is 0. The normalized spacial score (nSPS) is 11.0. The Balaban J connectivity index is 2.81. The van der Waals surface area contributed by atoms with Crippen LogP contribution >= 0.6 is 0 Å². The van der Waals surface area contributed by atoms with Crippen LogP contribution in [0.2, 0.25) is 0 Å². The molecule has 0 atom stereocenters. The molecule has 1 aromatic rings. The molecule has 0 aliphatic heterocycles. The van der Waals surface area contributed by atoms with Crippen LogP contribution in [-0.4, -0.2) is 31.4 Å². The van der Waals surface area contributed by atoms with Crippen molar-refractivity contribution in [1.29, 1.82) is 0 Å². The van der Waals surface area contributed by atoms with E-state index in [0.717, 1.165) is 48.6 Å². The van der Waals surface area contributed by atoms with Gasteiger partial charge in [0.25, 0.3) is 0 Å². The van der Waals surface area contributed by atoms with Crippen LogP contribution in [0.1, 0.15) is 37.8 Å². The summed E-state index contributed by atoms with van der Waals surface area (Å²) in [5.74, 6) is 0.980. The van der Waals surface area contributed by atoms with Gasteiger partial charge in [-0.05, 0) is 50.5 Å². The van der Waals surface area contributed by atoms with E-state index in [1.807, 2.05) is 13.4 Å². The maximum atomic E-state index is 5.80. The van der Waals surface area contributed by atoms with Gasteiger partial charge in [0.1, 0.15) is 5.75 Å². The predicted octanol–water partition coefficient (Wildman–Crippen LogP) is 4.09. The smallest absolute Gasteiger partial charge is 0.122 e. The molecule has 0 saturated heterocycles. The third-order valence-corrected chi connectivity index (χ3v) is 3.14. The van der Waals surface area contributed by atoms with Gasteiger partial charge in [-0.3, -0.25) is 0 Å². The number of nitrogens with zero attached hydrogens (tertiary/aromatic N) is 2. The van der Waals surface area contributed by atoms with E-state index >= 15 is 0 Å². The maximum Gasteiger partial charge on any atom is 0.122 e. The second-order valence-corrected chi connectivity index (χ2v) is 4.92. The molecule has 1 rings (SSSR count). The van der Waals surface area contributed by atoms with E-state index in [0.29, 0.717) is 0 Å². The van der Waals surface area contributed by atoms with E-state index in [1.165, 1.54) is 0 Å². The summed E-state index contributed by atoms with van der Waals surface area (Å²) in [5, 5.41) is 0. The van der Waals surface area contributed by atoms with Gasteiger partial charge in [0.15, 0.2) is 0 Å². The lowest BCUT2D eigenvalue weighted by molar-refractivity contribution is 0.307. The Bertz CT molecular complexity index is 427. The molecule has 0 fully saturated rings. The molecular formula is C16H26N2O. The number of aryl methyl sites for hydroxylation is 2. The lowest BCUT2D eigenvalue weighted by Crippen LogP contribution is -2.14. The van der Waals surface area contributed by atoms with Gasteiger partial charge in [0, 0.05) is 13.6 Å². The molecule has 1 aromatic carbocycles. The van der Waals surface area contributed by atoms with Gasteiger partial charge in [-0.1, -0.05) is 13.3 Å². The summed E-state index contributed by atoms with van der Waals surface area (Å²) in [5.41, 5.74) is 3.31. The van der Waals surface area contributed by atoms with E-state index in [4.69, 9.17) is 4.74 Å². The Hall–Kier alpha value is -1.51. The first-order valence-corrected chi connectivity index (χ1v) is 7.07. The van der Waals surface area contributed by atoms with Gasteiger partial charge in [0.05, 0.1) is 18.6 Å². The fourth-order valence-corrected chi connectivity index (χ4v) is 1.64. The van der Waals surface area contributed by atoms with Crippen molar-refractivity contribution in [3.05, 3.63) is 23.3 Å². The van der Waals surface area contributed by atoms with E-state index in [-0.39, 0.29) is 0 Å². The van der Waals surface area contributed by atoms with Crippen LogP contribution in [0.5, 0.6) is 5.75 Å². The van der Waals surface area contributed by atoms with Crippen molar-refractivity contribution in [2.45, 2.75) is 40.5 Å². The molecule has 0 spiro atoms. The topological polar surface area (TPSA) is 24.8 Å². The summed E-state index contributed by atoms with van der Waals surface area (Å²) in [7, 11) is 2.02. The summed E-state index contributed by atoms with van der Waals surface area (Å²) in [4.78, 5) is 6.58. The second kappa shape index (κ2) is 7.82. The Morgan fingerprint density at radius 2 is 1.95 bits per heavy atom. The zero-order valence-corrected chi connectivity index (χ0v) is 12.9. The highest BCUT2D eigenvalue weighted by Crippen LogP contribution is 2.28. The van der Waals surface area contributed by atoms with Crippen LogP contribution in [-0.2, 0) is 0 Å². The van der Waals surface area contributed by atoms with Gasteiger partial charge in [-0.2, -0.15) is 0 Å². The average Bonchev–Trinajstić information content (AvgIpc) is 2.40. The molecule has 0 bridgehead atoms. The standard InChI is InChI=1S/C16H26N2O/c1-6-8-9-19-16-11-13(3)15(10-14(16)4)17-12-18(5)7-2/h10-12H,6-9H2,1-5H3/b17-12+. The van der Waals surface area contributed by atoms with Crippen LogP contribution < -0.4 is 4.74 Å². The van der Waals surface area contributed by atoms with Crippen LogP contribution in [0.15, 0.2) is 17.1 Å². The van der Waals surface area contributed by atoms with Crippen molar-refractivity contribution >= 4 is 12.0 Å². The molecule has 0 amide bonds. The molecule has 0 N–H and O–H groups in total. The number of benzene rings is 1. The molecule has 106 valence electrons. The van der Waals surface area contributed by atoms with E-state index in [9.17, 15) is 0 Å². The molecule has 19 heavy (non-hydrogen) atoms. The number of unbranched alkanes of at least 4 members (excludes halogenated alkanes) is 1. The minimum atomic E-state index is 0.790. The Kier molecular flexibility index (Phi) is 6.40. The van der Waals surface area contributed by atoms with Gasteiger partial charge in [-0.15, -0.1) is 0 Å². The summed E-state index contributed by atoms with van der Waals surface area (Å²) < 4.78 is 5.80. The molecule has 0 aliphatic carbocycles. The van der Waals surface area contributed by atoms with E-state index in [1.54, 1.807) is 0 Å². The molecular weight excluding hydrogens is 236 g/mol. The molecule has 3 nitrogen and oxygen atoms in total. The highest BCUT2D eigenvalue weighted by Gasteiger charge is 2.04. The lowest BCUT2D eigenvalue weighted by Gasteiger charge is -2.12. The number of hydrogen-bond donors (Lipinski definition) is 0. The first-order chi connectivity index (χ1) is 9.08. The monoisotopic (exact) mass is 262 g/mol. The van der Waals surface area contributed by atoms with Crippen molar-refractivity contribution in [2.24, 2.45) is 4.99 Å². The molecule has 0 aliphatic rings. The largest absolute Gasteiger partial charge is 0.493 e. The third kappa shape index (κ3) is 4.93. The predicted molar refractivity (Wildman–Crippen MR) is 82.8 cm³/mol. The second-order valence-electron chi connectivity index (χ2n) is 4.92. The zero-order valence-electron chi connectivity index (χ0n) is 12.9. The summed E-state index contributed by atoms with van der Waals surface area (Å²) in [6.45, 7) is 10.2. The number of hydrogen-bond acceptors (Lipinski definition) is 2. The van der Waals surface area contributed by atoms with Crippen LogP contribution in [0, 0.1) is 13.8 Å². The van der Waals surface area contributed by atoms with Gasteiger partial charge in [-0.25, -0.2) is 4.99 Å². The Morgan fingerprint density at radius 3 is 2.58 bits per heavy atom. The van der Waals surface area contributed by atoms with Crippen LogP contribution in [0.3, 0.4) is 0 Å². The minimum absolute atomic E-state index is 0.790. The Labute approximate surface area is 117 Å². The first kappa shape index (κ1) is 15.5. The molecule has 0 heterocycles. The molecule has 0 saturated carbocycles. The Morgan fingerprint density at radius 1 is 1.21 bits per heavy atom. The average molecular weight is 262 g/mol. The quantitative estimate of drug-likeness (QED) is 0.420. The molecule has 0 radical (unpaired) electrons. The number of aliphatic imine (C=N–C) groups is 1. The first-order valence-electron chi connectivity index (χ1n) is 7.07. The van der Waals surface area contributed by atoms with Gasteiger partial charge < -0.3 is 9.64 Å². The van der Waals surface area contributed by atoms with Crippen LogP contribution in [0.4, 0.5) is 5.69 Å². The molecule has 3 heteroatoms. The van der Waals surface area contributed by atoms with Crippen molar-refractivity contribution in [3.63, 3.8) is 0 Å².